The highest BCUT2D eigenvalue weighted by Gasteiger charge is 2.28. The second-order valence-corrected chi connectivity index (χ2v) is 17.7. The fourth-order valence-electron chi connectivity index (χ4n) is 7.16. The van der Waals surface area contributed by atoms with Crippen molar-refractivity contribution in [2.45, 2.75) is 45.4 Å². The lowest BCUT2D eigenvalue weighted by Gasteiger charge is -2.31. The topological polar surface area (TPSA) is 452 Å². The van der Waals surface area contributed by atoms with E-state index in [0.717, 1.165) is 11.1 Å². The van der Waals surface area contributed by atoms with Crippen LogP contribution in [-0.4, -0.2) is 135 Å². The van der Waals surface area contributed by atoms with Crippen molar-refractivity contribution in [3.05, 3.63) is 89.0 Å². The number of carbonyl (C=O) groups is 6. The third-order valence-electron chi connectivity index (χ3n) is 10.7. The van der Waals surface area contributed by atoms with Gasteiger partial charge < -0.3 is 40.9 Å². The molecule has 4 aromatic heterocycles. The van der Waals surface area contributed by atoms with Crippen LogP contribution in [-0.2, 0) is 34.1 Å². The van der Waals surface area contributed by atoms with E-state index in [2.05, 4.69) is 61.2 Å². The quantitative estimate of drug-likeness (QED) is 0.0482. The zero-order chi connectivity index (χ0) is 56.3. The number of nitrogens with zero attached hydrogens (tertiary/aromatic N) is 16. The number of anilines is 4. The molecule has 2 amide bonds. The van der Waals surface area contributed by atoms with Crippen molar-refractivity contribution in [1.29, 1.82) is 10.5 Å². The van der Waals surface area contributed by atoms with E-state index in [9.17, 15) is 57.4 Å². The lowest BCUT2D eigenvalue weighted by Crippen LogP contribution is -2.39. The molecule has 6 aromatic rings. The number of nitriles is 2. The maximum atomic E-state index is 11.8. The maximum Gasteiger partial charge on any atom is 0.335 e. The Bertz CT molecular complexity index is 3550. The molecular weight excluding hydrogens is 1030 g/mol. The van der Waals surface area contributed by atoms with E-state index in [4.69, 9.17) is 15.3 Å². The van der Waals surface area contributed by atoms with E-state index in [-0.39, 0.29) is 68.9 Å². The summed E-state index contributed by atoms with van der Waals surface area (Å²) in [6.07, 6.45) is 3.66. The summed E-state index contributed by atoms with van der Waals surface area (Å²) in [5, 5.41) is 85.8. The first-order chi connectivity index (χ1) is 36.5. The van der Waals surface area contributed by atoms with Gasteiger partial charge in [0, 0.05) is 26.9 Å². The molecule has 0 spiro atoms. The molecule has 1 aliphatic rings. The van der Waals surface area contributed by atoms with Gasteiger partial charge in [-0.05, 0) is 75.2 Å². The van der Waals surface area contributed by atoms with Crippen molar-refractivity contribution < 1.29 is 62.2 Å². The van der Waals surface area contributed by atoms with Gasteiger partial charge in [-0.25, -0.2) is 34.1 Å². The lowest BCUT2D eigenvalue weighted by molar-refractivity contribution is -0.142. The molecule has 5 heterocycles. The summed E-state index contributed by atoms with van der Waals surface area (Å²) in [6.45, 7) is 5.01. The predicted molar refractivity (Wildman–Crippen MR) is 264 cm³/mol. The molecule has 1 saturated heterocycles. The molecule has 1 unspecified atom stereocenters. The molecule has 1 aliphatic heterocycles. The number of aryl methyl sites for hydroxylation is 2. The summed E-state index contributed by atoms with van der Waals surface area (Å²) >= 11 is 0. The summed E-state index contributed by atoms with van der Waals surface area (Å²) < 4.78 is 34.5. The summed E-state index contributed by atoms with van der Waals surface area (Å²) in [5.41, 5.74) is 1.55. The standard InChI is InChI=1S/C23H23N9O6S.C22H19N9O7/c1-13-18(10-24)22(32(30-13)16-5-7-17(8-6-16)39(36,37)38)29-28-20-21(26-14(2)33)27-19(11-25-20)31-9-3-4-15(12-31)23(34)35;1-11-15(7-23)21(31(29-11)14-5-3-13(4-6-14)22(37)38)28-27-19-20(25-12(2)32)26-16(8-24-19)30(9-17(33)34)10-18(35)36/h5-8,11,15H,3-4,9,12H2,1-2H3,(H,34,35)(H,26,27,33)(H,36,37,38);3-6,8H,9-10H2,1-2H3,(H,33,34)(H,35,36)(H,37,38)(H,25,26,32). The third kappa shape index (κ3) is 14.0. The number of piperidine rings is 1. The van der Waals surface area contributed by atoms with Crippen LogP contribution in [0.15, 0.2) is 86.3 Å². The van der Waals surface area contributed by atoms with Gasteiger partial charge >= 0.3 is 23.9 Å². The van der Waals surface area contributed by atoms with Crippen LogP contribution in [0.1, 0.15) is 59.6 Å². The van der Waals surface area contributed by atoms with Crippen molar-refractivity contribution in [2.24, 2.45) is 26.4 Å². The molecule has 0 aliphatic carbocycles. The summed E-state index contributed by atoms with van der Waals surface area (Å²) in [4.78, 5) is 87.7. The minimum atomic E-state index is -4.41. The molecule has 77 heavy (non-hydrogen) atoms. The molecule has 2 aromatic carbocycles. The van der Waals surface area contributed by atoms with Gasteiger partial charge in [0.1, 0.15) is 42.2 Å². The van der Waals surface area contributed by atoms with Gasteiger partial charge in [-0.15, -0.1) is 20.5 Å². The van der Waals surface area contributed by atoms with E-state index in [0.29, 0.717) is 48.0 Å². The fourth-order valence-corrected chi connectivity index (χ4v) is 7.64. The van der Waals surface area contributed by atoms with Crippen molar-refractivity contribution in [3.8, 4) is 23.5 Å². The number of nitrogens with one attached hydrogen (secondary N) is 2. The highest BCUT2D eigenvalue weighted by Crippen LogP contribution is 2.33. The molecule has 1 atom stereocenters. The lowest BCUT2D eigenvalue weighted by atomic mass is 9.98. The Morgan fingerprint density at radius 3 is 1.65 bits per heavy atom. The number of hydrogen-bond donors (Lipinski definition) is 7. The van der Waals surface area contributed by atoms with E-state index in [1.807, 2.05) is 12.1 Å². The van der Waals surface area contributed by atoms with Gasteiger partial charge in [0.25, 0.3) is 10.1 Å². The van der Waals surface area contributed by atoms with Gasteiger partial charge in [0.05, 0.1) is 51.5 Å². The number of benzene rings is 2. The van der Waals surface area contributed by atoms with Crippen LogP contribution < -0.4 is 20.4 Å². The molecule has 0 bridgehead atoms. The number of aromatic nitrogens is 8. The smallest absolute Gasteiger partial charge is 0.335 e. The minimum absolute atomic E-state index is 0.00888. The zero-order valence-electron chi connectivity index (χ0n) is 40.7. The van der Waals surface area contributed by atoms with Crippen LogP contribution in [0, 0.1) is 42.4 Å². The first kappa shape index (κ1) is 55.8. The van der Waals surface area contributed by atoms with E-state index in [1.165, 1.54) is 77.9 Å². The Labute approximate surface area is 434 Å². The Morgan fingerprint density at radius 2 is 1.21 bits per heavy atom. The van der Waals surface area contributed by atoms with Crippen molar-refractivity contribution in [3.63, 3.8) is 0 Å². The highest BCUT2D eigenvalue weighted by molar-refractivity contribution is 7.85. The number of hydrogen-bond acceptors (Lipinski definition) is 22. The number of carbonyl (C=O) groups excluding carboxylic acids is 2. The summed E-state index contributed by atoms with van der Waals surface area (Å²) in [6, 6.07) is 14.7. The van der Waals surface area contributed by atoms with Gasteiger partial charge in [-0.2, -0.15) is 29.1 Å². The first-order valence-electron chi connectivity index (χ1n) is 22.2. The predicted octanol–water partition coefficient (Wildman–Crippen LogP) is 4.65. The van der Waals surface area contributed by atoms with E-state index >= 15 is 0 Å². The monoisotopic (exact) mass is 1070 g/mol. The average molecular weight is 1080 g/mol. The average Bonchev–Trinajstić information content (AvgIpc) is 3.88. The van der Waals surface area contributed by atoms with Gasteiger partial charge in [-0.1, -0.05) is 0 Å². The summed E-state index contributed by atoms with van der Waals surface area (Å²) in [7, 11) is -4.41. The van der Waals surface area contributed by atoms with Crippen LogP contribution in [0.2, 0.25) is 0 Å². The van der Waals surface area contributed by atoms with Gasteiger partial charge in [0.15, 0.2) is 29.1 Å². The molecule has 1 fully saturated rings. The molecule has 7 rings (SSSR count). The van der Waals surface area contributed by atoms with Crippen LogP contribution in [0.25, 0.3) is 11.4 Å². The van der Waals surface area contributed by atoms with Crippen LogP contribution in [0.5, 0.6) is 0 Å². The largest absolute Gasteiger partial charge is 0.481 e. The number of aliphatic carboxylic acids is 3. The number of azo groups is 2. The first-order valence-corrected chi connectivity index (χ1v) is 23.6. The fraction of sp³-hybridized carbons (Fsp3) is 0.244. The Kier molecular flexibility index (Phi) is 17.4. The Hall–Kier alpha value is -10.5. The van der Waals surface area contributed by atoms with Crippen LogP contribution in [0.4, 0.5) is 46.5 Å². The number of amides is 2. The zero-order valence-corrected chi connectivity index (χ0v) is 41.5. The number of rotatable bonds is 17. The minimum Gasteiger partial charge on any atom is -0.481 e. The van der Waals surface area contributed by atoms with Gasteiger partial charge in [-0.3, -0.25) is 28.5 Å². The van der Waals surface area contributed by atoms with Crippen molar-refractivity contribution in [1.82, 2.24) is 39.5 Å². The van der Waals surface area contributed by atoms with Gasteiger partial charge in [0.2, 0.25) is 23.5 Å². The normalized spacial score (nSPS) is 13.2. The Balaban J connectivity index is 0.000000250. The maximum absolute atomic E-state index is 11.8. The summed E-state index contributed by atoms with van der Waals surface area (Å²) in [5.74, 6) is -6.60. The molecule has 0 saturated carbocycles. The second kappa shape index (κ2) is 24.0. The number of aromatic carboxylic acids is 1. The van der Waals surface area contributed by atoms with E-state index in [1.54, 1.807) is 18.7 Å². The van der Waals surface area contributed by atoms with Crippen LogP contribution >= 0.6 is 0 Å². The number of carboxylic acids is 4. The molecule has 0 radical (unpaired) electrons. The molecule has 32 heteroatoms. The molecule has 31 nitrogen and oxygen atoms in total. The molecule has 396 valence electrons. The molecule has 7 N–H and O–H groups in total. The van der Waals surface area contributed by atoms with Crippen LogP contribution in [0.3, 0.4) is 0 Å². The molecular formula is C45H42N18O13S. The third-order valence-corrected chi connectivity index (χ3v) is 11.5. The van der Waals surface area contributed by atoms with Crippen molar-refractivity contribution >= 4 is 92.4 Å². The van der Waals surface area contributed by atoms with E-state index < -0.39 is 64.8 Å². The highest BCUT2D eigenvalue weighted by atomic mass is 32.2. The SMILES string of the molecule is CC(=O)Nc1nc(N(CC(=O)O)CC(=O)O)cnc1N=Nc1c(C#N)c(C)nn1-c1ccc(C(=O)O)cc1.CC(=O)Nc1nc(N2CCCC(C(=O)O)C2)cnc1N=Nc1c(C#N)c(C)nn1-c1ccc(S(=O)(=O)O)cc1. The second-order valence-electron chi connectivity index (χ2n) is 16.3. The Morgan fingerprint density at radius 1 is 0.727 bits per heavy atom. The number of carboxylic acid groups (broad SMARTS) is 4. The van der Waals surface area contributed by atoms with Crippen molar-refractivity contribution in [2.75, 3.05) is 46.6 Å².